The molecule has 0 bridgehead atoms. The van der Waals surface area contributed by atoms with E-state index < -0.39 is 23.4 Å². The zero-order valence-corrected chi connectivity index (χ0v) is 16.9. The Labute approximate surface area is 167 Å². The molecule has 1 heterocycles. The van der Waals surface area contributed by atoms with Gasteiger partial charge in [-0.05, 0) is 37.6 Å². The number of nitrogens with zero attached hydrogens (tertiary/aromatic N) is 2. The van der Waals surface area contributed by atoms with Gasteiger partial charge in [0, 0.05) is 32.3 Å². The molecule has 2 atom stereocenters. The number of furan rings is 1. The van der Waals surface area contributed by atoms with Crippen LogP contribution in [0.25, 0.3) is 0 Å². The summed E-state index contributed by atoms with van der Waals surface area (Å²) in [4.78, 5) is 6.10. The van der Waals surface area contributed by atoms with E-state index in [9.17, 15) is 18.3 Å². The van der Waals surface area contributed by atoms with Crippen LogP contribution in [0.1, 0.15) is 29.9 Å². The fourth-order valence-electron chi connectivity index (χ4n) is 2.90. The molecule has 1 aromatic heterocycles. The first kappa shape index (κ1) is 22.8. The lowest BCUT2D eigenvalue weighted by molar-refractivity contribution is -0.306. The van der Waals surface area contributed by atoms with Crippen LogP contribution in [0, 0.1) is 6.92 Å². The number of hydrogen-bond donors (Lipinski definition) is 1. The summed E-state index contributed by atoms with van der Waals surface area (Å²) in [5, 5.41) is 11.0. The summed E-state index contributed by atoms with van der Waals surface area (Å²) in [6, 6.07) is 5.29. The van der Waals surface area contributed by atoms with E-state index in [1.807, 2.05) is 18.9 Å². The molecule has 2 rings (SSSR count). The van der Waals surface area contributed by atoms with E-state index in [2.05, 4.69) is 4.99 Å². The third-order valence-corrected chi connectivity index (χ3v) is 4.67. The highest BCUT2D eigenvalue weighted by Crippen LogP contribution is 2.52. The number of benzene rings is 1. The monoisotopic (exact) mass is 414 g/mol. The van der Waals surface area contributed by atoms with Gasteiger partial charge in [0.25, 0.3) is 0 Å². The van der Waals surface area contributed by atoms with Crippen molar-refractivity contribution in [2.45, 2.75) is 31.7 Å². The SMILES string of the molecule is CCN(C)/C=N/c1cc(OC)c(C(O)(C(OC)c2ccco2)C(F)(F)F)cc1C. The van der Waals surface area contributed by atoms with Gasteiger partial charge in [-0.15, -0.1) is 0 Å². The summed E-state index contributed by atoms with van der Waals surface area (Å²) < 4.78 is 58.0. The van der Waals surface area contributed by atoms with Gasteiger partial charge in [-0.25, -0.2) is 4.99 Å². The third-order valence-electron chi connectivity index (χ3n) is 4.67. The van der Waals surface area contributed by atoms with Crippen LogP contribution in [0.15, 0.2) is 39.9 Å². The number of halogens is 3. The minimum absolute atomic E-state index is 0.168. The lowest BCUT2D eigenvalue weighted by atomic mass is 9.84. The van der Waals surface area contributed by atoms with Crippen molar-refractivity contribution in [1.82, 2.24) is 4.90 Å². The summed E-state index contributed by atoms with van der Waals surface area (Å²) in [6.45, 7) is 4.25. The summed E-state index contributed by atoms with van der Waals surface area (Å²) in [5.74, 6) is -0.339. The Hall–Kier alpha value is -2.52. The number of alkyl halides is 3. The highest BCUT2D eigenvalue weighted by molar-refractivity contribution is 5.65. The molecule has 1 N–H and O–H groups in total. The maximum absolute atomic E-state index is 14.2. The number of ether oxygens (including phenoxy) is 2. The summed E-state index contributed by atoms with van der Waals surface area (Å²) >= 11 is 0. The molecule has 0 fully saturated rings. The Morgan fingerprint density at radius 2 is 2.00 bits per heavy atom. The van der Waals surface area contributed by atoms with Crippen LogP contribution in [0.3, 0.4) is 0 Å². The average molecular weight is 414 g/mol. The molecule has 160 valence electrons. The van der Waals surface area contributed by atoms with Crippen molar-refractivity contribution < 1.29 is 32.2 Å². The van der Waals surface area contributed by atoms with Crippen LogP contribution in [-0.4, -0.2) is 50.3 Å². The van der Waals surface area contributed by atoms with Gasteiger partial charge < -0.3 is 23.9 Å². The molecule has 0 aliphatic heterocycles. The van der Waals surface area contributed by atoms with Gasteiger partial charge in [0.15, 0.2) is 6.10 Å². The second-order valence-corrected chi connectivity index (χ2v) is 6.55. The summed E-state index contributed by atoms with van der Waals surface area (Å²) in [7, 11) is 4.12. The molecule has 0 radical (unpaired) electrons. The van der Waals surface area contributed by atoms with Crippen LogP contribution in [0.5, 0.6) is 5.75 Å². The van der Waals surface area contributed by atoms with E-state index in [0.29, 0.717) is 17.8 Å². The van der Waals surface area contributed by atoms with E-state index in [0.717, 1.165) is 7.11 Å². The number of hydrogen-bond acceptors (Lipinski definition) is 5. The van der Waals surface area contributed by atoms with Gasteiger partial charge in [0.05, 0.1) is 25.4 Å². The van der Waals surface area contributed by atoms with Gasteiger partial charge in [-0.2, -0.15) is 13.2 Å². The first-order chi connectivity index (χ1) is 13.6. The average Bonchev–Trinajstić information content (AvgIpc) is 3.20. The number of aliphatic hydroxyl groups is 1. The molecule has 0 saturated heterocycles. The molecule has 0 amide bonds. The molecular weight excluding hydrogens is 389 g/mol. The van der Waals surface area contributed by atoms with Gasteiger partial charge >= 0.3 is 6.18 Å². The van der Waals surface area contributed by atoms with Crippen molar-refractivity contribution >= 4 is 12.0 Å². The minimum atomic E-state index is -5.09. The second-order valence-electron chi connectivity index (χ2n) is 6.55. The number of rotatable bonds is 8. The van der Waals surface area contributed by atoms with Crippen LogP contribution < -0.4 is 4.74 Å². The predicted molar refractivity (Wildman–Crippen MR) is 103 cm³/mol. The van der Waals surface area contributed by atoms with E-state index in [1.165, 1.54) is 37.6 Å². The third kappa shape index (κ3) is 4.40. The van der Waals surface area contributed by atoms with Crippen molar-refractivity contribution in [3.8, 4) is 5.75 Å². The zero-order chi connectivity index (χ0) is 21.8. The van der Waals surface area contributed by atoms with Crippen molar-refractivity contribution in [3.63, 3.8) is 0 Å². The van der Waals surface area contributed by atoms with Crippen LogP contribution in [0.2, 0.25) is 0 Å². The van der Waals surface area contributed by atoms with Crippen molar-refractivity contribution in [1.29, 1.82) is 0 Å². The Morgan fingerprint density at radius 3 is 2.48 bits per heavy atom. The van der Waals surface area contributed by atoms with Crippen LogP contribution in [-0.2, 0) is 10.3 Å². The predicted octanol–water partition coefficient (Wildman–Crippen LogP) is 4.35. The molecule has 6 nitrogen and oxygen atoms in total. The Balaban J connectivity index is 2.68. The molecule has 9 heteroatoms. The van der Waals surface area contributed by atoms with Gasteiger partial charge in [0.2, 0.25) is 5.60 Å². The molecule has 0 spiro atoms. The number of aryl methyl sites for hydroxylation is 1. The Kier molecular flexibility index (Phi) is 6.97. The van der Waals surface area contributed by atoms with Crippen molar-refractivity contribution in [3.05, 3.63) is 47.4 Å². The zero-order valence-electron chi connectivity index (χ0n) is 16.9. The largest absolute Gasteiger partial charge is 0.496 e. The number of aliphatic imine (C=N–C) groups is 1. The van der Waals surface area contributed by atoms with Crippen LogP contribution >= 0.6 is 0 Å². The standard InChI is InChI=1S/C20H25F3N2O4/c1-6-25(3)12-24-15-11-17(27-4)14(10-13(15)2)19(26,20(21,22)23)18(28-5)16-8-7-9-29-16/h7-12,18,26H,6H2,1-5H3/b24-12+. The summed E-state index contributed by atoms with van der Waals surface area (Å²) in [6.07, 6.45) is -4.15. The molecule has 2 unspecified atom stereocenters. The second kappa shape index (κ2) is 8.87. The van der Waals surface area contributed by atoms with E-state index >= 15 is 0 Å². The molecule has 0 saturated carbocycles. The maximum Gasteiger partial charge on any atom is 0.424 e. The van der Waals surface area contributed by atoms with Crippen LogP contribution in [0.4, 0.5) is 18.9 Å². The topological polar surface area (TPSA) is 67.4 Å². The van der Waals surface area contributed by atoms with Gasteiger partial charge in [-0.1, -0.05) is 0 Å². The van der Waals surface area contributed by atoms with E-state index in [-0.39, 0.29) is 11.5 Å². The van der Waals surface area contributed by atoms with Gasteiger partial charge in [-0.3, -0.25) is 0 Å². The first-order valence-corrected chi connectivity index (χ1v) is 8.88. The lowest BCUT2D eigenvalue weighted by Gasteiger charge is -2.37. The Morgan fingerprint density at radius 1 is 1.31 bits per heavy atom. The normalized spacial score (nSPS) is 15.3. The highest BCUT2D eigenvalue weighted by atomic mass is 19.4. The quantitative estimate of drug-likeness (QED) is 0.514. The molecule has 0 aliphatic rings. The van der Waals surface area contributed by atoms with Crippen molar-refractivity contribution in [2.75, 3.05) is 27.8 Å². The molecule has 29 heavy (non-hydrogen) atoms. The maximum atomic E-state index is 14.2. The number of methoxy groups -OCH3 is 2. The van der Waals surface area contributed by atoms with Crippen molar-refractivity contribution in [2.24, 2.45) is 4.99 Å². The van der Waals surface area contributed by atoms with E-state index in [1.54, 1.807) is 13.3 Å². The van der Waals surface area contributed by atoms with E-state index in [4.69, 9.17) is 13.9 Å². The Bertz CT molecular complexity index is 837. The minimum Gasteiger partial charge on any atom is -0.496 e. The molecule has 0 aliphatic carbocycles. The fourth-order valence-corrected chi connectivity index (χ4v) is 2.90. The first-order valence-electron chi connectivity index (χ1n) is 8.88. The molecule has 1 aromatic carbocycles. The molecular formula is C20H25F3N2O4. The fraction of sp³-hybridized carbons (Fsp3) is 0.450. The molecule has 2 aromatic rings. The smallest absolute Gasteiger partial charge is 0.424 e. The highest BCUT2D eigenvalue weighted by Gasteiger charge is 2.63. The lowest BCUT2D eigenvalue weighted by Crippen LogP contribution is -2.48. The summed E-state index contributed by atoms with van der Waals surface area (Å²) in [5.41, 5.74) is -3.06. The van der Waals surface area contributed by atoms with Gasteiger partial charge in [0.1, 0.15) is 11.5 Å².